The van der Waals surface area contributed by atoms with Crippen molar-refractivity contribution in [1.82, 2.24) is 4.98 Å². The lowest BCUT2D eigenvalue weighted by atomic mass is 9.87. The zero-order valence-electron chi connectivity index (χ0n) is 6.92. The predicted molar refractivity (Wildman–Crippen MR) is 53.0 cm³/mol. The van der Waals surface area contributed by atoms with Crippen molar-refractivity contribution in [2.24, 2.45) is 0 Å². The van der Waals surface area contributed by atoms with Crippen LogP contribution >= 0.6 is 22.9 Å². The van der Waals surface area contributed by atoms with E-state index in [1.807, 2.05) is 0 Å². The van der Waals surface area contributed by atoms with Crippen LogP contribution in [-0.2, 0) is 0 Å². The molecular weight excluding hydrogens is 190 g/mol. The van der Waals surface area contributed by atoms with E-state index >= 15 is 0 Å². The van der Waals surface area contributed by atoms with E-state index < -0.39 is 0 Å². The van der Waals surface area contributed by atoms with Gasteiger partial charge in [-0.15, -0.1) is 11.3 Å². The third kappa shape index (κ3) is 1.80. The third-order valence-electron chi connectivity index (χ3n) is 2.52. The van der Waals surface area contributed by atoms with Crippen molar-refractivity contribution in [3.63, 3.8) is 0 Å². The van der Waals surface area contributed by atoms with Gasteiger partial charge in [0.05, 0.1) is 5.69 Å². The van der Waals surface area contributed by atoms with Crippen LogP contribution in [0, 0.1) is 0 Å². The standard InChI is InChI=1S/C9H12ClNS/c10-9-11-8(6-12-9)7-4-2-1-3-5-7/h6-7H,1-5H2. The first-order chi connectivity index (χ1) is 5.86. The zero-order valence-corrected chi connectivity index (χ0v) is 8.50. The van der Waals surface area contributed by atoms with Gasteiger partial charge < -0.3 is 0 Å². The van der Waals surface area contributed by atoms with Crippen LogP contribution in [0.25, 0.3) is 0 Å². The van der Waals surface area contributed by atoms with Gasteiger partial charge in [0, 0.05) is 11.3 Å². The van der Waals surface area contributed by atoms with Crippen LogP contribution in [0.2, 0.25) is 4.47 Å². The predicted octanol–water partition coefficient (Wildman–Crippen LogP) is 3.84. The van der Waals surface area contributed by atoms with Crippen LogP contribution in [0.1, 0.15) is 43.7 Å². The number of rotatable bonds is 1. The van der Waals surface area contributed by atoms with Gasteiger partial charge in [0.2, 0.25) is 0 Å². The van der Waals surface area contributed by atoms with E-state index in [0.29, 0.717) is 10.4 Å². The highest BCUT2D eigenvalue weighted by molar-refractivity contribution is 7.13. The summed E-state index contributed by atoms with van der Waals surface area (Å²) < 4.78 is 0.690. The lowest BCUT2D eigenvalue weighted by Crippen LogP contribution is -2.04. The molecule has 0 amide bonds. The topological polar surface area (TPSA) is 12.9 Å². The van der Waals surface area contributed by atoms with Crippen LogP contribution < -0.4 is 0 Å². The average molecular weight is 202 g/mol. The molecule has 0 bridgehead atoms. The molecule has 0 aliphatic heterocycles. The first-order valence-corrected chi connectivity index (χ1v) is 5.73. The Morgan fingerprint density at radius 3 is 2.67 bits per heavy atom. The minimum absolute atomic E-state index is 0.690. The second kappa shape index (κ2) is 3.75. The Labute approximate surface area is 81.8 Å². The molecule has 1 heterocycles. The van der Waals surface area contributed by atoms with Crippen molar-refractivity contribution in [1.29, 1.82) is 0 Å². The summed E-state index contributed by atoms with van der Waals surface area (Å²) in [4.78, 5) is 4.32. The zero-order chi connectivity index (χ0) is 8.39. The Kier molecular flexibility index (Phi) is 2.66. The van der Waals surface area contributed by atoms with E-state index in [0.717, 1.165) is 0 Å². The number of nitrogens with zero attached hydrogens (tertiary/aromatic N) is 1. The summed E-state index contributed by atoms with van der Waals surface area (Å²) in [6.45, 7) is 0. The number of hydrogen-bond acceptors (Lipinski definition) is 2. The number of hydrogen-bond donors (Lipinski definition) is 0. The molecule has 1 fully saturated rings. The monoisotopic (exact) mass is 201 g/mol. The molecule has 1 saturated carbocycles. The quantitative estimate of drug-likeness (QED) is 0.673. The molecule has 3 heteroatoms. The lowest BCUT2D eigenvalue weighted by Gasteiger charge is -2.19. The van der Waals surface area contributed by atoms with Crippen LogP contribution in [0.5, 0.6) is 0 Å². The van der Waals surface area contributed by atoms with Gasteiger partial charge in [-0.25, -0.2) is 4.98 Å². The first kappa shape index (κ1) is 8.52. The lowest BCUT2D eigenvalue weighted by molar-refractivity contribution is 0.438. The summed E-state index contributed by atoms with van der Waals surface area (Å²) in [5, 5.41) is 2.11. The highest BCUT2D eigenvalue weighted by atomic mass is 35.5. The smallest absolute Gasteiger partial charge is 0.183 e. The second-order valence-corrected chi connectivity index (χ2v) is 4.80. The van der Waals surface area contributed by atoms with Crippen molar-refractivity contribution >= 4 is 22.9 Å². The second-order valence-electron chi connectivity index (χ2n) is 3.36. The Bertz CT molecular complexity index is 253. The summed E-state index contributed by atoms with van der Waals surface area (Å²) in [5.74, 6) is 0.697. The van der Waals surface area contributed by atoms with E-state index in [1.165, 1.54) is 37.8 Å². The largest absolute Gasteiger partial charge is 0.230 e. The molecule has 1 nitrogen and oxygen atoms in total. The van der Waals surface area contributed by atoms with Crippen molar-refractivity contribution in [3.8, 4) is 0 Å². The summed E-state index contributed by atoms with van der Waals surface area (Å²) in [6, 6.07) is 0. The maximum absolute atomic E-state index is 5.79. The fourth-order valence-corrected chi connectivity index (χ4v) is 2.70. The molecule has 1 aliphatic carbocycles. The molecule has 66 valence electrons. The SMILES string of the molecule is Clc1nc(C2CCCCC2)cs1. The molecule has 0 N–H and O–H groups in total. The van der Waals surface area contributed by atoms with E-state index in [-0.39, 0.29) is 0 Å². The Morgan fingerprint density at radius 1 is 1.33 bits per heavy atom. The molecule has 0 aromatic carbocycles. The van der Waals surface area contributed by atoms with E-state index in [4.69, 9.17) is 11.6 Å². The van der Waals surface area contributed by atoms with Crippen LogP contribution in [0.3, 0.4) is 0 Å². The fourth-order valence-electron chi connectivity index (χ4n) is 1.85. The summed E-state index contributed by atoms with van der Waals surface area (Å²) >= 11 is 7.34. The molecule has 0 spiro atoms. The summed E-state index contributed by atoms with van der Waals surface area (Å²) in [6.07, 6.45) is 6.73. The number of thiazole rings is 1. The van der Waals surface area contributed by atoms with Crippen LogP contribution in [-0.4, -0.2) is 4.98 Å². The Hall–Kier alpha value is -0.0800. The molecule has 1 aromatic rings. The average Bonchev–Trinajstić information content (AvgIpc) is 2.54. The highest BCUT2D eigenvalue weighted by Crippen LogP contribution is 2.33. The molecule has 0 radical (unpaired) electrons. The fraction of sp³-hybridized carbons (Fsp3) is 0.667. The molecule has 1 aromatic heterocycles. The van der Waals surface area contributed by atoms with Crippen molar-refractivity contribution < 1.29 is 0 Å². The molecule has 0 unspecified atom stereocenters. The van der Waals surface area contributed by atoms with E-state index in [1.54, 1.807) is 11.3 Å². The minimum Gasteiger partial charge on any atom is -0.230 e. The van der Waals surface area contributed by atoms with Crippen molar-refractivity contribution in [2.75, 3.05) is 0 Å². The maximum atomic E-state index is 5.79. The number of aromatic nitrogens is 1. The molecule has 1 aliphatic rings. The minimum atomic E-state index is 0.690. The van der Waals surface area contributed by atoms with Crippen LogP contribution in [0.15, 0.2) is 5.38 Å². The van der Waals surface area contributed by atoms with E-state index in [2.05, 4.69) is 10.4 Å². The summed E-state index contributed by atoms with van der Waals surface area (Å²) in [5.41, 5.74) is 1.23. The normalized spacial score (nSPS) is 19.8. The van der Waals surface area contributed by atoms with Gasteiger partial charge in [0.25, 0.3) is 0 Å². The Morgan fingerprint density at radius 2 is 2.08 bits per heavy atom. The van der Waals surface area contributed by atoms with Gasteiger partial charge in [0.1, 0.15) is 0 Å². The van der Waals surface area contributed by atoms with Crippen molar-refractivity contribution in [2.45, 2.75) is 38.0 Å². The molecule has 0 atom stereocenters. The Balaban J connectivity index is 2.08. The van der Waals surface area contributed by atoms with Gasteiger partial charge in [-0.2, -0.15) is 0 Å². The molecular formula is C9H12ClNS. The van der Waals surface area contributed by atoms with Gasteiger partial charge in [-0.3, -0.25) is 0 Å². The summed E-state index contributed by atoms with van der Waals surface area (Å²) in [7, 11) is 0. The van der Waals surface area contributed by atoms with Gasteiger partial charge in [-0.1, -0.05) is 30.9 Å². The third-order valence-corrected chi connectivity index (χ3v) is 3.51. The van der Waals surface area contributed by atoms with E-state index in [9.17, 15) is 0 Å². The number of halogens is 1. The van der Waals surface area contributed by atoms with Gasteiger partial charge in [0.15, 0.2) is 4.47 Å². The van der Waals surface area contributed by atoms with Gasteiger partial charge in [-0.05, 0) is 12.8 Å². The van der Waals surface area contributed by atoms with Gasteiger partial charge >= 0.3 is 0 Å². The highest BCUT2D eigenvalue weighted by Gasteiger charge is 2.17. The van der Waals surface area contributed by atoms with Crippen molar-refractivity contribution in [3.05, 3.63) is 15.5 Å². The van der Waals surface area contributed by atoms with Crippen LogP contribution in [0.4, 0.5) is 0 Å². The molecule has 12 heavy (non-hydrogen) atoms. The molecule has 2 rings (SSSR count). The molecule has 0 saturated heterocycles. The maximum Gasteiger partial charge on any atom is 0.183 e. The first-order valence-electron chi connectivity index (χ1n) is 4.47.